The molecule has 0 spiro atoms. The number of rotatable bonds is 8. The second-order valence-corrected chi connectivity index (χ2v) is 11.0. The van der Waals surface area contributed by atoms with Gasteiger partial charge in [0.25, 0.3) is 0 Å². The van der Waals surface area contributed by atoms with E-state index in [1.807, 2.05) is 0 Å². The fourth-order valence-corrected chi connectivity index (χ4v) is 6.07. The van der Waals surface area contributed by atoms with Crippen molar-refractivity contribution >= 4 is 35.1 Å². The van der Waals surface area contributed by atoms with Crippen molar-refractivity contribution in [3.05, 3.63) is 82.4 Å². The van der Waals surface area contributed by atoms with Gasteiger partial charge in [0.15, 0.2) is 5.78 Å². The first-order valence-corrected chi connectivity index (χ1v) is 14.1. The Morgan fingerprint density at radius 2 is 1.87 bits per heavy atom. The predicted molar refractivity (Wildman–Crippen MR) is 143 cm³/mol. The summed E-state index contributed by atoms with van der Waals surface area (Å²) in [7, 11) is 0. The Labute approximate surface area is 254 Å². The first-order valence-electron chi connectivity index (χ1n) is 12.5. The summed E-state index contributed by atoms with van der Waals surface area (Å²) in [5.41, 5.74) is 2.54. The summed E-state index contributed by atoms with van der Waals surface area (Å²) in [6.45, 7) is 0.287. The van der Waals surface area contributed by atoms with Crippen molar-refractivity contribution in [2.75, 3.05) is 12.9 Å². The van der Waals surface area contributed by atoms with Crippen molar-refractivity contribution < 1.29 is 53.7 Å². The van der Waals surface area contributed by atoms with Crippen LogP contribution in [0.3, 0.4) is 0 Å². The van der Waals surface area contributed by atoms with Gasteiger partial charge in [0.2, 0.25) is 0 Å². The van der Waals surface area contributed by atoms with Gasteiger partial charge >= 0.3 is 29.6 Å². The normalized spacial score (nSPS) is 20.1. The van der Waals surface area contributed by atoms with E-state index in [2.05, 4.69) is 30.5 Å². The van der Waals surface area contributed by atoms with Crippen molar-refractivity contribution in [2.45, 2.75) is 48.8 Å². The molecule has 0 aromatic heterocycles. The van der Waals surface area contributed by atoms with Crippen molar-refractivity contribution in [1.82, 2.24) is 0 Å². The number of ether oxygens (including phenoxy) is 2. The number of Topliss-reactive ketones (excluding diaryl/α,β-unsaturated/α-hetero) is 1. The number of thioether (sulfide) groups is 1. The van der Waals surface area contributed by atoms with E-state index in [-0.39, 0.29) is 47.0 Å². The number of ketones is 1. The zero-order valence-electron chi connectivity index (χ0n) is 21.6. The van der Waals surface area contributed by atoms with Crippen LogP contribution in [0.5, 0.6) is 17.2 Å². The van der Waals surface area contributed by atoms with Gasteiger partial charge in [-0.05, 0) is 91.8 Å². The minimum Gasteiger partial charge on any atom is -0.549 e. The summed E-state index contributed by atoms with van der Waals surface area (Å²) >= 11 is 8.14. The number of benzene rings is 3. The molecular weight excluding hydrogens is 531 g/mol. The fraction of sp³-hybridized carbons (Fsp3) is 0.333. The topological polar surface area (TPSA) is 75.7 Å². The molecule has 1 fully saturated rings. The van der Waals surface area contributed by atoms with Gasteiger partial charge in [-0.2, -0.15) is 0 Å². The first kappa shape index (κ1) is 29.0. The molecule has 3 aromatic carbocycles. The van der Waals surface area contributed by atoms with E-state index in [1.165, 1.54) is 10.5 Å². The van der Waals surface area contributed by atoms with E-state index in [4.69, 9.17) is 21.1 Å². The van der Waals surface area contributed by atoms with Crippen LogP contribution in [0, 0.1) is 5.92 Å². The van der Waals surface area contributed by atoms with E-state index in [9.17, 15) is 14.7 Å². The molecule has 0 N–H and O–H groups in total. The summed E-state index contributed by atoms with van der Waals surface area (Å²) in [6.07, 6.45) is 6.22. The molecule has 0 radical (unpaired) electrons. The quantitative estimate of drug-likeness (QED) is 0.239. The van der Waals surface area contributed by atoms with Crippen LogP contribution >= 0.6 is 23.4 Å². The first-order chi connectivity index (χ1) is 17.9. The van der Waals surface area contributed by atoms with Gasteiger partial charge in [-0.1, -0.05) is 23.7 Å². The largest absolute Gasteiger partial charge is 1.00 e. The van der Waals surface area contributed by atoms with Gasteiger partial charge < -0.3 is 19.4 Å². The Morgan fingerprint density at radius 1 is 1.08 bits per heavy atom. The molecule has 1 aliphatic carbocycles. The van der Waals surface area contributed by atoms with Crippen LogP contribution in [0.1, 0.15) is 65.4 Å². The minimum atomic E-state index is -1.15. The fourth-order valence-electron chi connectivity index (χ4n) is 5.39. The molecule has 1 aliphatic heterocycles. The molecule has 3 unspecified atom stereocenters. The molecule has 192 valence electrons. The Kier molecular flexibility index (Phi) is 9.88. The molecule has 38 heavy (non-hydrogen) atoms. The number of carbonyl (C=O) groups excluding carboxylic acids is 2. The molecule has 2 aliphatic rings. The van der Waals surface area contributed by atoms with Gasteiger partial charge in [0.05, 0.1) is 11.6 Å². The summed E-state index contributed by atoms with van der Waals surface area (Å²) in [5, 5.41) is 11.7. The summed E-state index contributed by atoms with van der Waals surface area (Å²) in [5.74, 6) is 0.480. The van der Waals surface area contributed by atoms with Crippen molar-refractivity contribution in [2.24, 2.45) is 5.92 Å². The molecule has 5 nitrogen and oxygen atoms in total. The van der Waals surface area contributed by atoms with Gasteiger partial charge in [-0.15, -0.1) is 11.8 Å². The number of halogens is 1. The van der Waals surface area contributed by atoms with E-state index in [0.29, 0.717) is 53.1 Å². The van der Waals surface area contributed by atoms with Crippen molar-refractivity contribution in [3.8, 4) is 17.2 Å². The van der Waals surface area contributed by atoms with E-state index in [0.717, 1.165) is 19.3 Å². The molecule has 1 saturated carbocycles. The number of hydrogen-bond donors (Lipinski definition) is 0. The Bertz CT molecular complexity index is 1310. The van der Waals surface area contributed by atoms with Crippen LogP contribution in [0.4, 0.5) is 0 Å². The Hall–Kier alpha value is -1.96. The number of fused-ring (bicyclic) bond motifs is 1. The third-order valence-electron chi connectivity index (χ3n) is 7.37. The predicted octanol–water partition coefficient (Wildman–Crippen LogP) is 3.63. The summed E-state index contributed by atoms with van der Waals surface area (Å²) < 4.78 is 11.6. The van der Waals surface area contributed by atoms with Gasteiger partial charge in [0.1, 0.15) is 17.2 Å². The molecule has 0 amide bonds. The third kappa shape index (κ3) is 6.60. The van der Waals surface area contributed by atoms with Gasteiger partial charge in [-0.3, -0.25) is 4.79 Å². The van der Waals surface area contributed by atoms with Crippen LogP contribution in [-0.4, -0.2) is 24.6 Å². The zero-order chi connectivity index (χ0) is 25.9. The molecule has 3 atom stereocenters. The summed E-state index contributed by atoms with van der Waals surface area (Å²) in [6, 6.07) is 19.0. The van der Waals surface area contributed by atoms with Gasteiger partial charge in [-0.25, -0.2) is 0 Å². The van der Waals surface area contributed by atoms with E-state index < -0.39 is 11.9 Å². The molecule has 8 heteroatoms. The Morgan fingerprint density at radius 3 is 2.61 bits per heavy atom. The molecule has 0 bridgehead atoms. The molecule has 1 heterocycles. The number of carbonyl (C=O) groups is 2. The SMILES string of the molecule is CSc1cccc(C2CCC(CC(=O)c3ccc(Oc4cc5c(cc4Cl)C(C(=O)[O-])CCO5)cc3)C2)c1.[Na+]. The maximum atomic E-state index is 13.0. The monoisotopic (exact) mass is 558 g/mol. The molecule has 5 rings (SSSR count). The second-order valence-electron chi connectivity index (χ2n) is 9.74. The number of hydrogen-bond acceptors (Lipinski definition) is 6. The van der Waals surface area contributed by atoms with Crippen LogP contribution < -0.4 is 44.1 Å². The maximum absolute atomic E-state index is 13.0. The van der Waals surface area contributed by atoms with E-state index >= 15 is 0 Å². The number of carboxylic acid groups (broad SMARTS) is 1. The zero-order valence-corrected chi connectivity index (χ0v) is 25.1. The van der Waals surface area contributed by atoms with Crippen LogP contribution in [-0.2, 0) is 4.79 Å². The molecular formula is C30H28ClNaO5S. The van der Waals surface area contributed by atoms with E-state index in [1.54, 1.807) is 48.2 Å². The second kappa shape index (κ2) is 12.9. The average molecular weight is 559 g/mol. The van der Waals surface area contributed by atoms with Gasteiger partial charge in [0, 0.05) is 40.4 Å². The number of carboxylic acids is 1. The smallest absolute Gasteiger partial charge is 0.549 e. The minimum absolute atomic E-state index is 0. The summed E-state index contributed by atoms with van der Waals surface area (Å²) in [4.78, 5) is 25.7. The third-order valence-corrected chi connectivity index (χ3v) is 8.39. The van der Waals surface area contributed by atoms with Crippen LogP contribution in [0.15, 0.2) is 65.6 Å². The van der Waals surface area contributed by atoms with Crippen LogP contribution in [0.25, 0.3) is 0 Å². The van der Waals surface area contributed by atoms with Crippen LogP contribution in [0.2, 0.25) is 5.02 Å². The van der Waals surface area contributed by atoms with Crippen molar-refractivity contribution in [3.63, 3.8) is 0 Å². The standard InChI is InChI=1S/C30H29ClO5S.Na/c1-37-23-4-2-3-20(15-23)21-6-5-18(13-21)14-27(32)19-7-9-22(10-8-19)36-29-17-28-25(16-26(29)31)24(30(33)34)11-12-35-28;/h2-4,7-10,15-18,21,24H,5-6,11-14H2,1H3,(H,33,34);/q;+1/p-1. The number of aliphatic carboxylic acids is 1. The Balaban J connectivity index is 0.00000336. The van der Waals surface area contributed by atoms with Crippen molar-refractivity contribution in [1.29, 1.82) is 0 Å². The molecule has 3 aromatic rings. The maximum Gasteiger partial charge on any atom is 1.00 e. The molecule has 0 saturated heterocycles. The average Bonchev–Trinajstić information content (AvgIpc) is 3.37.